The maximum atomic E-state index is 6.18. The minimum atomic E-state index is 0.402. The molecule has 2 N–H and O–H groups in total. The molecule has 1 aliphatic rings. The van der Waals surface area contributed by atoms with Gasteiger partial charge in [0.05, 0.1) is 0 Å². The number of fused-ring (bicyclic) bond motifs is 1. The Morgan fingerprint density at radius 1 is 1.57 bits per heavy atom. The summed E-state index contributed by atoms with van der Waals surface area (Å²) in [6.45, 7) is 4.85. The lowest BCUT2D eigenvalue weighted by atomic mass is 10.0. The van der Waals surface area contributed by atoms with Crippen LogP contribution in [0.25, 0.3) is 0 Å². The highest BCUT2D eigenvalue weighted by Gasteiger charge is 2.28. The highest BCUT2D eigenvalue weighted by molar-refractivity contribution is 6.32. The second kappa shape index (κ2) is 3.79. The van der Waals surface area contributed by atoms with Crippen molar-refractivity contribution in [1.82, 2.24) is 0 Å². The summed E-state index contributed by atoms with van der Waals surface area (Å²) < 4.78 is 0. The highest BCUT2D eigenvalue weighted by atomic mass is 35.5. The second-order valence-electron chi connectivity index (χ2n) is 3.64. The molecule has 14 heavy (non-hydrogen) atoms. The lowest BCUT2D eigenvalue weighted by Gasteiger charge is -2.16. The fourth-order valence-corrected chi connectivity index (χ4v) is 2.48. The van der Waals surface area contributed by atoms with Crippen LogP contribution in [0.5, 0.6) is 0 Å². The number of halogens is 1. The Hall–Kier alpha value is -0.730. The molecule has 1 aromatic rings. The molecule has 1 heterocycles. The molecular weight excluding hydrogens is 196 g/mol. The maximum Gasteiger partial charge on any atom is 0.0462 e. The second-order valence-corrected chi connectivity index (χ2v) is 4.05. The fourth-order valence-electron chi connectivity index (χ4n) is 2.15. The van der Waals surface area contributed by atoms with Gasteiger partial charge in [0.2, 0.25) is 0 Å². The molecule has 1 aliphatic heterocycles. The van der Waals surface area contributed by atoms with E-state index in [0.29, 0.717) is 12.5 Å². The quantitative estimate of drug-likeness (QED) is 0.811. The van der Waals surface area contributed by atoms with E-state index in [2.05, 4.69) is 17.9 Å². The van der Waals surface area contributed by atoms with Gasteiger partial charge in [-0.3, -0.25) is 0 Å². The third-order valence-corrected chi connectivity index (χ3v) is 3.22. The topological polar surface area (TPSA) is 29.3 Å². The molecule has 0 radical (unpaired) electrons. The van der Waals surface area contributed by atoms with Crippen molar-refractivity contribution < 1.29 is 0 Å². The maximum absolute atomic E-state index is 6.18. The van der Waals surface area contributed by atoms with Crippen LogP contribution in [0.1, 0.15) is 18.4 Å². The lowest BCUT2D eigenvalue weighted by molar-refractivity contribution is 0.710. The van der Waals surface area contributed by atoms with Crippen molar-refractivity contribution in [3.05, 3.63) is 28.8 Å². The van der Waals surface area contributed by atoms with Gasteiger partial charge in [-0.1, -0.05) is 17.7 Å². The van der Waals surface area contributed by atoms with E-state index in [0.717, 1.165) is 18.1 Å². The summed E-state index contributed by atoms with van der Waals surface area (Å²) in [4.78, 5) is 2.33. The van der Waals surface area contributed by atoms with Gasteiger partial charge >= 0.3 is 0 Å². The van der Waals surface area contributed by atoms with E-state index in [-0.39, 0.29) is 0 Å². The van der Waals surface area contributed by atoms with Gasteiger partial charge in [0.1, 0.15) is 0 Å². The van der Waals surface area contributed by atoms with Gasteiger partial charge in [0.25, 0.3) is 0 Å². The van der Waals surface area contributed by atoms with Crippen molar-refractivity contribution in [1.29, 1.82) is 0 Å². The summed E-state index contributed by atoms with van der Waals surface area (Å²) in [5, 5.41) is 0.855. The average molecular weight is 211 g/mol. The molecule has 0 saturated carbocycles. The monoisotopic (exact) mass is 210 g/mol. The van der Waals surface area contributed by atoms with Crippen LogP contribution < -0.4 is 10.6 Å². The van der Waals surface area contributed by atoms with E-state index in [1.165, 1.54) is 11.3 Å². The molecule has 0 bridgehead atoms. The molecule has 0 aromatic heterocycles. The van der Waals surface area contributed by atoms with Crippen LogP contribution in [0.4, 0.5) is 5.69 Å². The third-order valence-electron chi connectivity index (χ3n) is 2.89. The number of hydrogen-bond acceptors (Lipinski definition) is 2. The van der Waals surface area contributed by atoms with Crippen molar-refractivity contribution in [2.45, 2.75) is 12.8 Å². The van der Waals surface area contributed by atoms with Gasteiger partial charge in [-0.25, -0.2) is 0 Å². The molecule has 0 aliphatic carbocycles. The number of nitrogens with zero attached hydrogens (tertiary/aromatic N) is 1. The van der Waals surface area contributed by atoms with Crippen molar-refractivity contribution >= 4 is 17.3 Å². The first-order valence-electron chi connectivity index (χ1n) is 5.01. The Kier molecular flexibility index (Phi) is 2.66. The molecule has 0 saturated heterocycles. The first-order chi connectivity index (χ1) is 6.77. The summed E-state index contributed by atoms with van der Waals surface area (Å²) in [5.74, 6) is 0.402. The molecular formula is C11H15ClN2. The van der Waals surface area contributed by atoms with Crippen LogP contribution in [0, 0.1) is 0 Å². The molecule has 0 amide bonds. The van der Waals surface area contributed by atoms with E-state index < -0.39 is 0 Å². The van der Waals surface area contributed by atoms with Crippen LogP contribution in [0.15, 0.2) is 18.2 Å². The number of anilines is 1. The van der Waals surface area contributed by atoms with Crippen molar-refractivity contribution in [3.8, 4) is 0 Å². The molecule has 1 unspecified atom stereocenters. The predicted octanol–water partition coefficient (Wildman–Crippen LogP) is 2.22. The molecule has 1 aromatic carbocycles. The van der Waals surface area contributed by atoms with Crippen molar-refractivity contribution in [2.75, 3.05) is 24.5 Å². The Labute approximate surface area is 89.7 Å². The number of nitrogens with two attached hydrogens (primary N) is 1. The molecule has 3 heteroatoms. The first kappa shape index (κ1) is 9.81. The zero-order valence-corrected chi connectivity index (χ0v) is 9.09. The zero-order valence-electron chi connectivity index (χ0n) is 8.33. The van der Waals surface area contributed by atoms with E-state index in [1.807, 2.05) is 12.1 Å². The summed E-state index contributed by atoms with van der Waals surface area (Å²) in [7, 11) is 0. The smallest absolute Gasteiger partial charge is 0.0462 e. The summed E-state index contributed by atoms with van der Waals surface area (Å²) in [6.07, 6.45) is 0. The minimum absolute atomic E-state index is 0.402. The normalized spacial score (nSPS) is 19.9. The summed E-state index contributed by atoms with van der Waals surface area (Å²) in [5.41, 5.74) is 8.24. The molecule has 1 atom stereocenters. The molecule has 2 rings (SSSR count). The molecule has 0 spiro atoms. The molecule has 0 fully saturated rings. The minimum Gasteiger partial charge on any atom is -0.371 e. The van der Waals surface area contributed by atoms with Gasteiger partial charge in [-0.2, -0.15) is 0 Å². The van der Waals surface area contributed by atoms with E-state index in [1.54, 1.807) is 0 Å². The van der Waals surface area contributed by atoms with Gasteiger partial charge in [0.15, 0.2) is 0 Å². The van der Waals surface area contributed by atoms with E-state index >= 15 is 0 Å². The van der Waals surface area contributed by atoms with Crippen LogP contribution in [-0.4, -0.2) is 19.6 Å². The highest BCUT2D eigenvalue weighted by Crippen LogP contribution is 2.39. The van der Waals surface area contributed by atoms with E-state index in [4.69, 9.17) is 17.3 Å². The van der Waals surface area contributed by atoms with Crippen LogP contribution in [-0.2, 0) is 0 Å². The first-order valence-corrected chi connectivity index (χ1v) is 5.39. The van der Waals surface area contributed by atoms with Gasteiger partial charge in [0, 0.05) is 41.8 Å². The van der Waals surface area contributed by atoms with Crippen LogP contribution in [0.3, 0.4) is 0 Å². The Morgan fingerprint density at radius 3 is 3.00 bits per heavy atom. The average Bonchev–Trinajstić information content (AvgIpc) is 2.57. The Bertz CT molecular complexity index is 338. The molecule has 2 nitrogen and oxygen atoms in total. The predicted molar refractivity (Wildman–Crippen MR) is 61.1 cm³/mol. The summed E-state index contributed by atoms with van der Waals surface area (Å²) in [6, 6.07) is 6.07. The van der Waals surface area contributed by atoms with Crippen molar-refractivity contribution in [3.63, 3.8) is 0 Å². The van der Waals surface area contributed by atoms with Crippen molar-refractivity contribution in [2.24, 2.45) is 5.73 Å². The summed E-state index contributed by atoms with van der Waals surface area (Å²) >= 11 is 6.18. The SMILES string of the molecule is CCN1CC(CN)c2c(Cl)cccc21. The standard InChI is InChI=1S/C11H15ClN2/c1-2-14-7-8(6-13)11-9(12)4-3-5-10(11)14/h3-5,8H,2,6-7,13H2,1H3. The third kappa shape index (κ3) is 1.39. The van der Waals surface area contributed by atoms with Gasteiger partial charge in [-0.15, -0.1) is 0 Å². The van der Waals surface area contributed by atoms with Crippen LogP contribution >= 0.6 is 11.6 Å². The Morgan fingerprint density at radius 2 is 2.36 bits per heavy atom. The lowest BCUT2D eigenvalue weighted by Crippen LogP contribution is -2.23. The Balaban J connectivity index is 2.47. The van der Waals surface area contributed by atoms with Gasteiger partial charge in [-0.05, 0) is 19.1 Å². The largest absolute Gasteiger partial charge is 0.371 e. The zero-order chi connectivity index (χ0) is 10.1. The number of rotatable bonds is 2. The number of benzene rings is 1. The number of likely N-dealkylation sites (N-methyl/N-ethyl adjacent to an activating group) is 1. The molecule has 76 valence electrons. The van der Waals surface area contributed by atoms with E-state index in [9.17, 15) is 0 Å². The van der Waals surface area contributed by atoms with Crippen LogP contribution in [0.2, 0.25) is 5.02 Å². The number of hydrogen-bond donors (Lipinski definition) is 1. The van der Waals surface area contributed by atoms with Gasteiger partial charge < -0.3 is 10.6 Å². The fraction of sp³-hybridized carbons (Fsp3) is 0.455.